The highest BCUT2D eigenvalue weighted by Crippen LogP contribution is 2.19. The van der Waals surface area contributed by atoms with Gasteiger partial charge in [0.05, 0.1) is 13.0 Å². The molecule has 114 valence electrons. The molecule has 1 aromatic heterocycles. The van der Waals surface area contributed by atoms with Crippen LogP contribution in [0.4, 0.5) is 0 Å². The molecule has 1 aromatic rings. The summed E-state index contributed by atoms with van der Waals surface area (Å²) in [6.45, 7) is 3.72. The van der Waals surface area contributed by atoms with Crippen LogP contribution in [0, 0.1) is 18.8 Å². The van der Waals surface area contributed by atoms with Crippen LogP contribution in [-0.2, 0) is 16.0 Å². The lowest BCUT2D eigenvalue weighted by Gasteiger charge is -1.98. The van der Waals surface area contributed by atoms with Gasteiger partial charge in [-0.15, -0.1) is 17.5 Å². The molecule has 0 saturated carbocycles. The molecule has 0 radical (unpaired) electrons. The monoisotopic (exact) mass is 308 g/mol. The van der Waals surface area contributed by atoms with E-state index in [0.717, 1.165) is 37.0 Å². The SMILES string of the molecule is COC(=O)/C(C)=C\c1cc(C)c(CCCCC#CCCl)o1. The second-order valence-electron chi connectivity index (χ2n) is 4.77. The van der Waals surface area contributed by atoms with E-state index >= 15 is 0 Å². The number of hydrogen-bond acceptors (Lipinski definition) is 3. The lowest BCUT2D eigenvalue weighted by molar-refractivity contribution is -0.135. The Morgan fingerprint density at radius 1 is 1.43 bits per heavy atom. The number of rotatable bonds is 6. The molecule has 0 atom stereocenters. The zero-order chi connectivity index (χ0) is 15.7. The first-order chi connectivity index (χ1) is 10.1. The van der Waals surface area contributed by atoms with Crippen molar-refractivity contribution in [1.29, 1.82) is 0 Å². The highest BCUT2D eigenvalue weighted by molar-refractivity contribution is 6.19. The summed E-state index contributed by atoms with van der Waals surface area (Å²) in [7, 11) is 1.37. The first-order valence-electron chi connectivity index (χ1n) is 6.96. The molecule has 0 amide bonds. The van der Waals surface area contributed by atoms with Gasteiger partial charge in [-0.3, -0.25) is 0 Å². The van der Waals surface area contributed by atoms with Crippen LogP contribution in [0.5, 0.6) is 0 Å². The quantitative estimate of drug-likeness (QED) is 0.261. The smallest absolute Gasteiger partial charge is 0.333 e. The molecule has 21 heavy (non-hydrogen) atoms. The minimum absolute atomic E-state index is 0.344. The molecule has 0 spiro atoms. The maximum Gasteiger partial charge on any atom is 0.333 e. The normalized spacial score (nSPS) is 11.0. The highest BCUT2D eigenvalue weighted by Gasteiger charge is 2.08. The summed E-state index contributed by atoms with van der Waals surface area (Å²) in [5.41, 5.74) is 1.62. The zero-order valence-electron chi connectivity index (χ0n) is 12.8. The third kappa shape index (κ3) is 6.10. The van der Waals surface area contributed by atoms with Crippen LogP contribution in [0.2, 0.25) is 0 Å². The standard InChI is InChI=1S/C17H21ClO3/c1-13-11-15(12-14(2)17(19)20-3)21-16(13)9-7-5-4-6-8-10-18/h11-12H,4-5,7,9-10H2,1-3H3/b14-12-. The van der Waals surface area contributed by atoms with Gasteiger partial charge in [0.2, 0.25) is 0 Å². The van der Waals surface area contributed by atoms with Gasteiger partial charge in [-0.25, -0.2) is 4.79 Å². The number of ether oxygens (including phenoxy) is 1. The van der Waals surface area contributed by atoms with Crippen molar-refractivity contribution in [2.45, 2.75) is 39.5 Å². The van der Waals surface area contributed by atoms with Gasteiger partial charge in [0, 0.05) is 18.4 Å². The van der Waals surface area contributed by atoms with E-state index in [0.29, 0.717) is 17.2 Å². The molecule has 0 N–H and O–H groups in total. The number of methoxy groups -OCH3 is 1. The van der Waals surface area contributed by atoms with Crippen LogP contribution in [0.25, 0.3) is 6.08 Å². The number of furan rings is 1. The maximum atomic E-state index is 11.4. The number of halogens is 1. The van der Waals surface area contributed by atoms with Crippen molar-refractivity contribution >= 4 is 23.6 Å². The van der Waals surface area contributed by atoms with E-state index in [-0.39, 0.29) is 5.97 Å². The van der Waals surface area contributed by atoms with Crippen LogP contribution in [-0.4, -0.2) is 19.0 Å². The topological polar surface area (TPSA) is 39.4 Å². The lowest BCUT2D eigenvalue weighted by atomic mass is 10.1. The third-order valence-corrected chi connectivity index (χ3v) is 3.19. The predicted octanol–water partition coefficient (Wildman–Crippen LogP) is 4.12. The van der Waals surface area contributed by atoms with Gasteiger partial charge >= 0.3 is 5.97 Å². The van der Waals surface area contributed by atoms with E-state index < -0.39 is 0 Å². The second-order valence-corrected chi connectivity index (χ2v) is 5.04. The Morgan fingerprint density at radius 3 is 2.86 bits per heavy atom. The Labute approximate surface area is 131 Å². The predicted molar refractivity (Wildman–Crippen MR) is 85.2 cm³/mol. The van der Waals surface area contributed by atoms with Crippen LogP contribution >= 0.6 is 11.6 Å². The molecule has 0 aliphatic heterocycles. The molecule has 1 heterocycles. The minimum atomic E-state index is -0.344. The van der Waals surface area contributed by atoms with Gasteiger partial charge < -0.3 is 9.15 Å². The fourth-order valence-corrected chi connectivity index (χ4v) is 2.03. The molecule has 1 rings (SSSR count). The van der Waals surface area contributed by atoms with E-state index in [2.05, 4.69) is 16.6 Å². The number of carbonyl (C=O) groups is 1. The fourth-order valence-electron chi connectivity index (χ4n) is 1.93. The number of esters is 1. The van der Waals surface area contributed by atoms with E-state index in [4.69, 9.17) is 16.0 Å². The number of aryl methyl sites for hydroxylation is 2. The van der Waals surface area contributed by atoms with E-state index in [1.54, 1.807) is 13.0 Å². The van der Waals surface area contributed by atoms with Crippen molar-refractivity contribution < 1.29 is 13.9 Å². The average Bonchev–Trinajstić information content (AvgIpc) is 2.81. The van der Waals surface area contributed by atoms with Crippen LogP contribution < -0.4 is 0 Å². The molecular formula is C17H21ClO3. The van der Waals surface area contributed by atoms with Gasteiger partial charge in [-0.05, 0) is 44.4 Å². The first kappa shape index (κ1) is 17.4. The van der Waals surface area contributed by atoms with Crippen molar-refractivity contribution in [1.82, 2.24) is 0 Å². The third-order valence-electron chi connectivity index (χ3n) is 3.05. The van der Waals surface area contributed by atoms with E-state index in [9.17, 15) is 4.79 Å². The molecule has 0 fully saturated rings. The molecule has 0 saturated heterocycles. The average molecular weight is 309 g/mol. The zero-order valence-corrected chi connectivity index (χ0v) is 13.5. The Kier molecular flexibility index (Phi) is 7.71. The molecule has 4 heteroatoms. The number of unbranched alkanes of at least 4 members (excludes halogenated alkanes) is 2. The largest absolute Gasteiger partial charge is 0.466 e. The van der Waals surface area contributed by atoms with Crippen LogP contribution in [0.3, 0.4) is 0 Å². The number of hydrogen-bond donors (Lipinski definition) is 0. The molecule has 0 unspecified atom stereocenters. The highest BCUT2D eigenvalue weighted by atomic mass is 35.5. The van der Waals surface area contributed by atoms with E-state index in [1.807, 2.05) is 13.0 Å². The molecule has 0 aromatic carbocycles. The summed E-state index contributed by atoms with van der Waals surface area (Å²) in [4.78, 5) is 11.4. The Bertz CT molecular complexity index is 558. The number of carbonyl (C=O) groups excluding carboxylic acids is 1. The number of alkyl halides is 1. The molecule has 0 aliphatic rings. The molecular weight excluding hydrogens is 288 g/mol. The first-order valence-corrected chi connectivity index (χ1v) is 7.49. The van der Waals surface area contributed by atoms with Gasteiger partial charge in [-0.1, -0.05) is 5.92 Å². The lowest BCUT2D eigenvalue weighted by Crippen LogP contribution is -2.00. The van der Waals surface area contributed by atoms with Crippen molar-refractivity contribution in [2.75, 3.05) is 13.0 Å². The summed E-state index contributed by atoms with van der Waals surface area (Å²) in [5.74, 6) is 7.55. The van der Waals surface area contributed by atoms with Gasteiger partial charge in [0.1, 0.15) is 11.5 Å². The second kappa shape index (κ2) is 9.31. The van der Waals surface area contributed by atoms with Crippen LogP contribution in [0.15, 0.2) is 16.1 Å². The van der Waals surface area contributed by atoms with Gasteiger partial charge in [0.25, 0.3) is 0 Å². The van der Waals surface area contributed by atoms with Crippen molar-refractivity contribution in [2.24, 2.45) is 0 Å². The van der Waals surface area contributed by atoms with Crippen molar-refractivity contribution in [3.8, 4) is 11.8 Å². The van der Waals surface area contributed by atoms with Gasteiger partial charge in [-0.2, -0.15) is 0 Å². The summed E-state index contributed by atoms with van der Waals surface area (Å²) in [6.07, 6.45) is 5.48. The van der Waals surface area contributed by atoms with Gasteiger partial charge in [0.15, 0.2) is 0 Å². The Balaban J connectivity index is 2.56. The summed E-state index contributed by atoms with van der Waals surface area (Å²) >= 11 is 5.48. The summed E-state index contributed by atoms with van der Waals surface area (Å²) < 4.78 is 10.4. The minimum Gasteiger partial charge on any atom is -0.466 e. The Morgan fingerprint density at radius 2 is 2.19 bits per heavy atom. The summed E-state index contributed by atoms with van der Waals surface area (Å²) in [5, 5.41) is 0. The maximum absolute atomic E-state index is 11.4. The molecule has 3 nitrogen and oxygen atoms in total. The van der Waals surface area contributed by atoms with Crippen molar-refractivity contribution in [3.63, 3.8) is 0 Å². The van der Waals surface area contributed by atoms with Crippen LogP contribution in [0.1, 0.15) is 43.3 Å². The molecule has 0 bridgehead atoms. The summed E-state index contributed by atoms with van der Waals surface area (Å²) in [6, 6.07) is 1.94. The molecule has 0 aliphatic carbocycles. The van der Waals surface area contributed by atoms with Crippen molar-refractivity contribution in [3.05, 3.63) is 28.7 Å². The fraction of sp³-hybridized carbons (Fsp3) is 0.471. The Hall–Kier alpha value is -1.66. The van der Waals surface area contributed by atoms with E-state index in [1.165, 1.54) is 7.11 Å².